The molecule has 2 rings (SSSR count). The van der Waals surface area contributed by atoms with Gasteiger partial charge in [-0.3, -0.25) is 0 Å². The molecular formula is C18H14O2S. The molecule has 0 spiro atoms. The van der Waals surface area contributed by atoms with Gasteiger partial charge < -0.3 is 4.74 Å². The van der Waals surface area contributed by atoms with Crippen molar-refractivity contribution in [2.45, 2.75) is 0 Å². The SMILES string of the molecule is COC(=O)/C=C(/SC#Cc1ccccc1)c1ccccc1. The lowest BCUT2D eigenvalue weighted by molar-refractivity contribution is -0.134. The standard InChI is InChI=1S/C18H14O2S/c1-20-18(19)14-17(16-10-6-3-7-11-16)21-13-12-15-8-4-2-5-9-15/h2-11,14H,1H3/b17-14+. The maximum atomic E-state index is 11.5. The Bertz CT molecular complexity index is 679. The van der Waals surface area contributed by atoms with Gasteiger partial charge in [0.05, 0.1) is 7.11 Å². The number of carbonyl (C=O) groups excluding carboxylic acids is 1. The van der Waals surface area contributed by atoms with Gasteiger partial charge in [-0.25, -0.2) is 4.79 Å². The van der Waals surface area contributed by atoms with Gasteiger partial charge >= 0.3 is 5.97 Å². The molecule has 0 unspecified atom stereocenters. The first-order chi connectivity index (χ1) is 10.3. The Kier molecular flexibility index (Phi) is 5.69. The molecule has 21 heavy (non-hydrogen) atoms. The topological polar surface area (TPSA) is 26.3 Å². The molecule has 0 bridgehead atoms. The average molecular weight is 294 g/mol. The zero-order valence-electron chi connectivity index (χ0n) is 11.6. The minimum atomic E-state index is -0.386. The molecule has 0 atom stereocenters. The lowest BCUT2D eigenvalue weighted by Crippen LogP contribution is -1.95. The summed E-state index contributed by atoms with van der Waals surface area (Å²) in [6.45, 7) is 0. The van der Waals surface area contributed by atoms with Gasteiger partial charge in [-0.1, -0.05) is 54.5 Å². The first kappa shape index (κ1) is 15.0. The molecule has 2 aromatic carbocycles. The highest BCUT2D eigenvalue weighted by atomic mass is 32.2. The zero-order valence-corrected chi connectivity index (χ0v) is 12.4. The van der Waals surface area contributed by atoms with Gasteiger partial charge in [0.25, 0.3) is 0 Å². The number of thioether (sulfide) groups is 1. The van der Waals surface area contributed by atoms with Crippen LogP contribution in [0.2, 0.25) is 0 Å². The second-order valence-corrected chi connectivity index (χ2v) is 4.94. The number of rotatable bonds is 3. The molecule has 0 N–H and O–H groups in total. The van der Waals surface area contributed by atoms with E-state index in [0.29, 0.717) is 0 Å². The van der Waals surface area contributed by atoms with Crippen LogP contribution in [-0.2, 0) is 9.53 Å². The van der Waals surface area contributed by atoms with Crippen LogP contribution in [-0.4, -0.2) is 13.1 Å². The summed E-state index contributed by atoms with van der Waals surface area (Å²) in [4.78, 5) is 12.2. The molecule has 3 heteroatoms. The molecule has 0 saturated carbocycles. The minimum absolute atomic E-state index is 0.386. The van der Waals surface area contributed by atoms with E-state index in [1.165, 1.54) is 24.9 Å². The minimum Gasteiger partial charge on any atom is -0.466 e. The molecule has 0 heterocycles. The van der Waals surface area contributed by atoms with Gasteiger partial charge in [-0.15, -0.1) is 0 Å². The molecule has 0 aliphatic heterocycles. The fourth-order valence-electron chi connectivity index (χ4n) is 1.60. The maximum absolute atomic E-state index is 11.5. The molecule has 0 amide bonds. The second-order valence-electron chi connectivity index (χ2n) is 4.09. The third-order valence-electron chi connectivity index (χ3n) is 2.64. The number of esters is 1. The van der Waals surface area contributed by atoms with Crippen molar-refractivity contribution in [2.24, 2.45) is 0 Å². The van der Waals surface area contributed by atoms with Crippen molar-refractivity contribution in [3.63, 3.8) is 0 Å². The normalized spacial score (nSPS) is 10.4. The first-order valence-electron chi connectivity index (χ1n) is 6.37. The monoisotopic (exact) mass is 294 g/mol. The van der Waals surface area contributed by atoms with Crippen molar-refractivity contribution in [1.29, 1.82) is 0 Å². The Hall–Kier alpha value is -2.44. The quantitative estimate of drug-likeness (QED) is 0.487. The van der Waals surface area contributed by atoms with Crippen molar-refractivity contribution in [2.75, 3.05) is 7.11 Å². The van der Waals surface area contributed by atoms with Crippen LogP contribution in [0, 0.1) is 11.2 Å². The molecule has 0 saturated heterocycles. The number of methoxy groups -OCH3 is 1. The van der Waals surface area contributed by atoms with Gasteiger partial charge in [0.15, 0.2) is 0 Å². The third-order valence-corrected chi connectivity index (χ3v) is 3.42. The molecule has 0 fully saturated rings. The summed E-state index contributed by atoms with van der Waals surface area (Å²) in [5.41, 5.74) is 1.88. The van der Waals surface area contributed by atoms with E-state index < -0.39 is 0 Å². The van der Waals surface area contributed by atoms with E-state index in [1.807, 2.05) is 60.7 Å². The van der Waals surface area contributed by atoms with E-state index in [1.54, 1.807) is 0 Å². The van der Waals surface area contributed by atoms with E-state index in [9.17, 15) is 4.79 Å². The van der Waals surface area contributed by atoms with Crippen LogP contribution < -0.4 is 0 Å². The smallest absolute Gasteiger partial charge is 0.331 e. The van der Waals surface area contributed by atoms with Crippen LogP contribution in [0.25, 0.3) is 4.91 Å². The van der Waals surface area contributed by atoms with Crippen molar-refractivity contribution >= 4 is 22.6 Å². The van der Waals surface area contributed by atoms with E-state index in [-0.39, 0.29) is 5.97 Å². The summed E-state index contributed by atoms with van der Waals surface area (Å²) < 4.78 is 4.69. The number of hydrogen-bond donors (Lipinski definition) is 0. The molecule has 2 nitrogen and oxygen atoms in total. The number of benzene rings is 2. The van der Waals surface area contributed by atoms with E-state index in [2.05, 4.69) is 15.9 Å². The second kappa shape index (κ2) is 7.98. The Morgan fingerprint density at radius 3 is 2.29 bits per heavy atom. The first-order valence-corrected chi connectivity index (χ1v) is 7.19. The van der Waals surface area contributed by atoms with Crippen LogP contribution in [0.4, 0.5) is 0 Å². The Balaban J connectivity index is 2.20. The van der Waals surface area contributed by atoms with Crippen LogP contribution in [0.1, 0.15) is 11.1 Å². The van der Waals surface area contributed by atoms with E-state index in [0.717, 1.165) is 16.0 Å². The molecule has 2 aromatic rings. The van der Waals surface area contributed by atoms with Crippen molar-refractivity contribution < 1.29 is 9.53 Å². The third kappa shape index (κ3) is 4.87. The Morgan fingerprint density at radius 2 is 1.67 bits per heavy atom. The summed E-state index contributed by atoms with van der Waals surface area (Å²) in [7, 11) is 1.36. The molecule has 0 aromatic heterocycles. The van der Waals surface area contributed by atoms with E-state index in [4.69, 9.17) is 0 Å². The van der Waals surface area contributed by atoms with Crippen molar-refractivity contribution in [3.05, 3.63) is 77.9 Å². The predicted octanol–water partition coefficient (Wildman–Crippen LogP) is 3.94. The molecule has 0 aliphatic carbocycles. The van der Waals surface area contributed by atoms with Gasteiger partial charge in [0, 0.05) is 16.5 Å². The average Bonchev–Trinajstić information content (AvgIpc) is 2.55. The lowest BCUT2D eigenvalue weighted by Gasteiger charge is -2.02. The number of carbonyl (C=O) groups is 1. The molecule has 0 aliphatic rings. The van der Waals surface area contributed by atoms with Gasteiger partial charge in [0.1, 0.15) is 0 Å². The fourth-order valence-corrected chi connectivity index (χ4v) is 2.29. The van der Waals surface area contributed by atoms with Crippen molar-refractivity contribution in [3.8, 4) is 11.2 Å². The molecule has 104 valence electrons. The van der Waals surface area contributed by atoms with Crippen molar-refractivity contribution in [1.82, 2.24) is 0 Å². The highest BCUT2D eigenvalue weighted by molar-refractivity contribution is 8.12. The highest BCUT2D eigenvalue weighted by Gasteiger charge is 2.04. The number of hydrogen-bond acceptors (Lipinski definition) is 3. The fraction of sp³-hybridized carbons (Fsp3) is 0.0556. The Labute approximate surface area is 128 Å². The summed E-state index contributed by atoms with van der Waals surface area (Å²) in [6.07, 6.45) is 1.46. The highest BCUT2D eigenvalue weighted by Crippen LogP contribution is 2.26. The van der Waals surface area contributed by atoms with E-state index >= 15 is 0 Å². The Morgan fingerprint density at radius 1 is 1.05 bits per heavy atom. The van der Waals surface area contributed by atoms with Gasteiger partial charge in [0.2, 0.25) is 0 Å². The summed E-state index contributed by atoms with van der Waals surface area (Å²) >= 11 is 1.31. The summed E-state index contributed by atoms with van der Waals surface area (Å²) in [5, 5.41) is 3.02. The summed E-state index contributed by atoms with van der Waals surface area (Å²) in [6, 6.07) is 19.4. The maximum Gasteiger partial charge on any atom is 0.331 e. The molecule has 0 radical (unpaired) electrons. The number of ether oxygens (including phenoxy) is 1. The van der Waals surface area contributed by atoms with Crippen LogP contribution in [0.15, 0.2) is 66.7 Å². The predicted molar refractivity (Wildman–Crippen MR) is 87.3 cm³/mol. The van der Waals surface area contributed by atoms with Gasteiger partial charge in [-0.05, 0) is 34.7 Å². The van der Waals surface area contributed by atoms with Gasteiger partial charge in [-0.2, -0.15) is 0 Å². The molecular weight excluding hydrogens is 280 g/mol. The van der Waals surface area contributed by atoms with Crippen LogP contribution >= 0.6 is 11.8 Å². The lowest BCUT2D eigenvalue weighted by atomic mass is 10.2. The van der Waals surface area contributed by atoms with Crippen LogP contribution in [0.5, 0.6) is 0 Å². The zero-order chi connectivity index (χ0) is 14.9. The van der Waals surface area contributed by atoms with Crippen LogP contribution in [0.3, 0.4) is 0 Å². The summed E-state index contributed by atoms with van der Waals surface area (Å²) in [5.74, 6) is 2.67. The largest absolute Gasteiger partial charge is 0.466 e.